The Labute approximate surface area is 122 Å². The average Bonchev–Trinajstić information content (AvgIpc) is 3.12. The molecule has 5 heteroatoms. The van der Waals surface area contributed by atoms with E-state index in [1.165, 1.54) is 16.5 Å². The Morgan fingerprint density at radius 2 is 2.00 bits per heavy atom. The third-order valence-corrected chi connectivity index (χ3v) is 4.57. The van der Waals surface area contributed by atoms with E-state index in [4.69, 9.17) is 0 Å². The number of H-pyrrole nitrogens is 1. The number of hydrogen-bond donors (Lipinski definition) is 2. The monoisotopic (exact) mass is 328 g/mol. The molecule has 0 aliphatic heterocycles. The van der Waals surface area contributed by atoms with Crippen molar-refractivity contribution in [3.63, 3.8) is 0 Å². The Morgan fingerprint density at radius 1 is 1.05 bits per heavy atom. The quantitative estimate of drug-likeness (QED) is 0.569. The second-order valence-corrected chi connectivity index (χ2v) is 5.76. The summed E-state index contributed by atoms with van der Waals surface area (Å²) >= 11 is 0.0148. The van der Waals surface area contributed by atoms with E-state index in [1.54, 1.807) is 0 Å². The van der Waals surface area contributed by atoms with Crippen molar-refractivity contribution in [2.24, 2.45) is 0 Å². The molecule has 98 valence electrons. The van der Waals surface area contributed by atoms with Gasteiger partial charge in [-0.25, -0.2) is 0 Å². The van der Waals surface area contributed by atoms with Gasteiger partial charge in [0.2, 0.25) is 0 Å². The summed E-state index contributed by atoms with van der Waals surface area (Å²) in [5, 5.41) is 4.74. The first kappa shape index (κ1) is 11.7. The van der Waals surface area contributed by atoms with Crippen molar-refractivity contribution in [2.75, 3.05) is 5.32 Å². The normalized spacial score (nSPS) is 11.2. The maximum atomic E-state index is 4.49. The summed E-state index contributed by atoms with van der Waals surface area (Å²) in [7, 11) is 0. The fourth-order valence-electron chi connectivity index (χ4n) is 2.42. The molecule has 2 heterocycles. The van der Waals surface area contributed by atoms with Crippen molar-refractivity contribution in [1.82, 2.24) is 12.9 Å². The molecular formula is C15H12N4Se. The standard InChI is InChI=1S/C15H12N4Se/c1-2-5-12-11(4-1)10(8-16-12)9-17-13-6-3-7-14-15(13)19-20-18-14/h1-8,16-17H,9H2. The van der Waals surface area contributed by atoms with Gasteiger partial charge in [-0.05, 0) is 0 Å². The first-order chi connectivity index (χ1) is 9.92. The van der Waals surface area contributed by atoms with Crippen LogP contribution in [0.3, 0.4) is 0 Å². The minimum absolute atomic E-state index is 0.0148. The maximum absolute atomic E-state index is 4.49. The molecule has 0 bridgehead atoms. The molecule has 0 radical (unpaired) electrons. The van der Waals surface area contributed by atoms with Gasteiger partial charge in [0.15, 0.2) is 0 Å². The topological polar surface area (TPSA) is 53.6 Å². The first-order valence-electron chi connectivity index (χ1n) is 6.42. The SMILES string of the molecule is c1cc(NCc2c[nH]c3ccccc23)c2n[se]nc2c1. The number of rotatable bonds is 3. The Kier molecular flexibility index (Phi) is 2.80. The molecule has 4 nitrogen and oxygen atoms in total. The third-order valence-electron chi connectivity index (χ3n) is 3.43. The van der Waals surface area contributed by atoms with Crippen LogP contribution in [0.1, 0.15) is 5.56 Å². The van der Waals surface area contributed by atoms with E-state index in [2.05, 4.69) is 48.7 Å². The van der Waals surface area contributed by atoms with Crippen LogP contribution >= 0.6 is 0 Å². The summed E-state index contributed by atoms with van der Waals surface area (Å²) in [5.41, 5.74) is 5.52. The van der Waals surface area contributed by atoms with E-state index in [-0.39, 0.29) is 15.0 Å². The molecule has 0 aliphatic rings. The Hall–Kier alpha value is -2.10. The van der Waals surface area contributed by atoms with Gasteiger partial charge in [0.05, 0.1) is 0 Å². The molecule has 4 aromatic rings. The number of nitrogens with one attached hydrogen (secondary N) is 2. The molecule has 0 amide bonds. The molecule has 20 heavy (non-hydrogen) atoms. The van der Waals surface area contributed by atoms with E-state index in [0.717, 1.165) is 23.3 Å². The van der Waals surface area contributed by atoms with Crippen molar-refractivity contribution < 1.29 is 0 Å². The van der Waals surface area contributed by atoms with Crippen LogP contribution in [0.2, 0.25) is 0 Å². The predicted molar refractivity (Wildman–Crippen MR) is 82.1 cm³/mol. The summed E-state index contributed by atoms with van der Waals surface area (Å²) in [6, 6.07) is 14.4. The summed E-state index contributed by atoms with van der Waals surface area (Å²) in [6.45, 7) is 0.781. The third kappa shape index (κ3) is 1.92. The molecule has 0 aliphatic carbocycles. The first-order valence-corrected chi connectivity index (χ1v) is 7.95. The van der Waals surface area contributed by atoms with Gasteiger partial charge in [-0.15, -0.1) is 0 Å². The second kappa shape index (κ2) is 4.78. The van der Waals surface area contributed by atoms with Gasteiger partial charge < -0.3 is 0 Å². The van der Waals surface area contributed by atoms with Crippen molar-refractivity contribution in [3.8, 4) is 0 Å². The van der Waals surface area contributed by atoms with Crippen LogP contribution in [-0.4, -0.2) is 27.9 Å². The zero-order chi connectivity index (χ0) is 13.4. The molecule has 0 fully saturated rings. The number of anilines is 1. The minimum atomic E-state index is 0.0148. The molecular weight excluding hydrogens is 315 g/mol. The number of para-hydroxylation sites is 1. The number of aromatic nitrogens is 3. The number of hydrogen-bond acceptors (Lipinski definition) is 3. The van der Waals surface area contributed by atoms with Crippen LogP contribution in [0, 0.1) is 0 Å². The molecule has 0 spiro atoms. The number of aromatic amines is 1. The van der Waals surface area contributed by atoms with Gasteiger partial charge >= 0.3 is 122 Å². The van der Waals surface area contributed by atoms with Crippen molar-refractivity contribution in [3.05, 3.63) is 54.2 Å². The Balaban J connectivity index is 1.66. The van der Waals surface area contributed by atoms with Gasteiger partial charge in [-0.1, -0.05) is 0 Å². The summed E-state index contributed by atoms with van der Waals surface area (Å²) in [4.78, 5) is 3.30. The second-order valence-electron chi connectivity index (χ2n) is 4.65. The number of fused-ring (bicyclic) bond motifs is 2. The van der Waals surface area contributed by atoms with Gasteiger partial charge in [0.25, 0.3) is 0 Å². The molecule has 2 aromatic heterocycles. The van der Waals surface area contributed by atoms with Crippen molar-refractivity contribution >= 4 is 42.6 Å². The van der Waals surface area contributed by atoms with E-state index in [9.17, 15) is 0 Å². The molecule has 4 rings (SSSR count). The summed E-state index contributed by atoms with van der Waals surface area (Å²) in [6.07, 6.45) is 2.06. The van der Waals surface area contributed by atoms with Crippen LogP contribution in [0.4, 0.5) is 5.69 Å². The van der Waals surface area contributed by atoms with Gasteiger partial charge in [-0.3, -0.25) is 0 Å². The van der Waals surface area contributed by atoms with Crippen molar-refractivity contribution in [2.45, 2.75) is 6.54 Å². The van der Waals surface area contributed by atoms with Crippen LogP contribution in [-0.2, 0) is 6.54 Å². The van der Waals surface area contributed by atoms with Crippen LogP contribution in [0.5, 0.6) is 0 Å². The van der Waals surface area contributed by atoms with Gasteiger partial charge in [-0.2, -0.15) is 0 Å². The molecule has 0 atom stereocenters. The molecule has 2 N–H and O–H groups in total. The van der Waals surface area contributed by atoms with Crippen LogP contribution in [0.25, 0.3) is 21.9 Å². The Bertz CT molecular complexity index is 877. The molecule has 2 aromatic carbocycles. The summed E-state index contributed by atoms with van der Waals surface area (Å²) in [5.74, 6) is 0. The molecule has 0 unspecified atom stereocenters. The number of benzene rings is 2. The van der Waals surface area contributed by atoms with Crippen molar-refractivity contribution in [1.29, 1.82) is 0 Å². The average molecular weight is 327 g/mol. The number of nitrogens with zero attached hydrogens (tertiary/aromatic N) is 2. The zero-order valence-electron chi connectivity index (χ0n) is 10.6. The van der Waals surface area contributed by atoms with E-state index in [0.29, 0.717) is 0 Å². The van der Waals surface area contributed by atoms with E-state index in [1.807, 2.05) is 18.2 Å². The van der Waals surface area contributed by atoms with E-state index < -0.39 is 0 Å². The molecule has 0 saturated carbocycles. The van der Waals surface area contributed by atoms with Crippen LogP contribution < -0.4 is 5.32 Å². The summed E-state index contributed by atoms with van der Waals surface area (Å²) < 4.78 is 8.89. The predicted octanol–water partition coefficient (Wildman–Crippen LogP) is 2.78. The molecule has 0 saturated heterocycles. The Morgan fingerprint density at radius 3 is 3.00 bits per heavy atom. The van der Waals surface area contributed by atoms with Gasteiger partial charge in [0.1, 0.15) is 0 Å². The fraction of sp³-hybridized carbons (Fsp3) is 0.0667. The van der Waals surface area contributed by atoms with Gasteiger partial charge in [0, 0.05) is 0 Å². The zero-order valence-corrected chi connectivity index (χ0v) is 12.3. The van der Waals surface area contributed by atoms with E-state index >= 15 is 0 Å². The fourth-order valence-corrected chi connectivity index (χ4v) is 3.57. The van der Waals surface area contributed by atoms with Crippen LogP contribution in [0.15, 0.2) is 48.7 Å².